The van der Waals surface area contributed by atoms with E-state index in [0.29, 0.717) is 13.1 Å². The van der Waals surface area contributed by atoms with Crippen molar-refractivity contribution in [2.45, 2.75) is 19.5 Å². The van der Waals surface area contributed by atoms with E-state index in [1.165, 1.54) is 6.92 Å². The van der Waals surface area contributed by atoms with Crippen molar-refractivity contribution in [1.82, 2.24) is 14.8 Å². The van der Waals surface area contributed by atoms with Gasteiger partial charge in [-0.1, -0.05) is 64.6 Å². The standard InChI is InChI=1S/C21H15Cl4N3O3/c1-10(19(29)26-7-9-27-8-6-11-4-2-3-5-12(11)27)28-20(30)13-14(21(28)31)16(23)18(25)17(24)15(13)22/h2-6,8,10H,7,9H2,1H3,(H,26,29). The quantitative estimate of drug-likeness (QED) is 0.303. The number of hydrogen-bond acceptors (Lipinski definition) is 3. The normalized spacial score (nSPS) is 14.3. The summed E-state index contributed by atoms with van der Waals surface area (Å²) in [5.74, 6) is -1.98. The van der Waals surface area contributed by atoms with Crippen molar-refractivity contribution in [1.29, 1.82) is 0 Å². The van der Waals surface area contributed by atoms with Gasteiger partial charge in [0.2, 0.25) is 5.91 Å². The number of rotatable bonds is 5. The maximum Gasteiger partial charge on any atom is 0.263 e. The predicted octanol–water partition coefficient (Wildman–Crippen LogP) is 5.06. The molecule has 160 valence electrons. The van der Waals surface area contributed by atoms with Crippen LogP contribution in [0.3, 0.4) is 0 Å². The lowest BCUT2D eigenvalue weighted by molar-refractivity contribution is -0.124. The zero-order chi connectivity index (χ0) is 22.4. The van der Waals surface area contributed by atoms with E-state index in [4.69, 9.17) is 46.4 Å². The van der Waals surface area contributed by atoms with Gasteiger partial charge in [-0.15, -0.1) is 0 Å². The summed E-state index contributed by atoms with van der Waals surface area (Å²) in [5, 5.41) is 3.28. The van der Waals surface area contributed by atoms with Crippen LogP contribution < -0.4 is 5.32 Å². The number of nitrogens with one attached hydrogen (secondary N) is 1. The van der Waals surface area contributed by atoms with Gasteiger partial charge < -0.3 is 9.88 Å². The van der Waals surface area contributed by atoms with Gasteiger partial charge >= 0.3 is 0 Å². The molecular weight excluding hydrogens is 484 g/mol. The molecule has 0 radical (unpaired) electrons. The molecule has 1 N–H and O–H groups in total. The second-order valence-electron chi connectivity index (χ2n) is 7.02. The van der Waals surface area contributed by atoms with Gasteiger partial charge in [0.25, 0.3) is 11.8 Å². The molecule has 1 aliphatic rings. The fourth-order valence-electron chi connectivity index (χ4n) is 3.62. The Hall–Kier alpha value is -2.25. The molecule has 1 aliphatic heterocycles. The number of benzene rings is 2. The Morgan fingerprint density at radius 1 is 0.935 bits per heavy atom. The van der Waals surface area contributed by atoms with Crippen molar-refractivity contribution >= 4 is 75.0 Å². The molecule has 3 amide bonds. The van der Waals surface area contributed by atoms with Crippen molar-refractivity contribution in [3.8, 4) is 0 Å². The molecule has 1 unspecified atom stereocenters. The van der Waals surface area contributed by atoms with Crippen LogP contribution in [0.15, 0.2) is 36.5 Å². The van der Waals surface area contributed by atoms with E-state index in [1.807, 2.05) is 41.1 Å². The van der Waals surface area contributed by atoms with E-state index < -0.39 is 23.8 Å². The van der Waals surface area contributed by atoms with Crippen LogP contribution in [0.25, 0.3) is 10.9 Å². The van der Waals surface area contributed by atoms with Gasteiger partial charge in [-0.25, -0.2) is 0 Å². The molecule has 0 fully saturated rings. The van der Waals surface area contributed by atoms with Gasteiger partial charge in [0.05, 0.1) is 31.2 Å². The van der Waals surface area contributed by atoms with Crippen LogP contribution >= 0.6 is 46.4 Å². The maximum absolute atomic E-state index is 12.9. The minimum atomic E-state index is -1.08. The monoisotopic (exact) mass is 497 g/mol. The van der Waals surface area contributed by atoms with E-state index in [9.17, 15) is 14.4 Å². The third-order valence-corrected chi connectivity index (χ3v) is 7.03. The Balaban J connectivity index is 1.49. The largest absolute Gasteiger partial charge is 0.353 e. The summed E-state index contributed by atoms with van der Waals surface area (Å²) in [4.78, 5) is 39.2. The van der Waals surface area contributed by atoms with Crippen LogP contribution in [0.5, 0.6) is 0 Å². The van der Waals surface area contributed by atoms with Crippen LogP contribution in [0, 0.1) is 0 Å². The molecule has 0 saturated carbocycles. The zero-order valence-electron chi connectivity index (χ0n) is 16.1. The lowest BCUT2D eigenvalue weighted by Gasteiger charge is -2.21. The van der Waals surface area contributed by atoms with Crippen LogP contribution in [-0.2, 0) is 11.3 Å². The lowest BCUT2D eigenvalue weighted by Crippen LogP contribution is -2.48. The molecule has 1 aromatic heterocycles. The topological polar surface area (TPSA) is 71.4 Å². The Morgan fingerprint density at radius 2 is 1.52 bits per heavy atom. The summed E-state index contributed by atoms with van der Waals surface area (Å²) in [5.41, 5.74) is 0.747. The SMILES string of the molecule is CC(C(=O)NCCn1ccc2ccccc21)N1C(=O)c2c(Cl)c(Cl)c(Cl)c(Cl)c2C1=O. The summed E-state index contributed by atoms with van der Waals surface area (Å²) in [6.07, 6.45) is 1.93. The van der Waals surface area contributed by atoms with Crippen LogP contribution in [0.2, 0.25) is 20.1 Å². The number of nitrogens with zero attached hydrogens (tertiary/aromatic N) is 2. The fraction of sp³-hybridized carbons (Fsp3) is 0.190. The molecule has 2 heterocycles. The third kappa shape index (κ3) is 3.57. The third-order valence-electron chi connectivity index (χ3n) is 5.23. The van der Waals surface area contributed by atoms with Crippen LogP contribution in [-0.4, -0.2) is 39.8 Å². The lowest BCUT2D eigenvalue weighted by atomic mass is 10.1. The number of amides is 3. The summed E-state index contributed by atoms with van der Waals surface area (Å²) in [7, 11) is 0. The number of para-hydroxylation sites is 1. The molecule has 0 saturated heterocycles. The van der Waals surface area contributed by atoms with Gasteiger partial charge in [0, 0.05) is 24.8 Å². The van der Waals surface area contributed by atoms with E-state index in [1.54, 1.807) is 0 Å². The minimum absolute atomic E-state index is 0.119. The summed E-state index contributed by atoms with van der Waals surface area (Å²) in [6.45, 7) is 2.29. The second kappa shape index (κ2) is 8.36. The van der Waals surface area contributed by atoms with Crippen LogP contribution in [0.1, 0.15) is 27.6 Å². The van der Waals surface area contributed by atoms with Gasteiger partial charge in [-0.05, 0) is 24.4 Å². The molecule has 31 heavy (non-hydrogen) atoms. The molecule has 0 spiro atoms. The first kappa shape index (κ1) is 22.0. The Morgan fingerprint density at radius 3 is 2.13 bits per heavy atom. The van der Waals surface area contributed by atoms with Gasteiger partial charge in [0.15, 0.2) is 0 Å². The number of fused-ring (bicyclic) bond motifs is 2. The second-order valence-corrected chi connectivity index (χ2v) is 8.53. The van der Waals surface area contributed by atoms with Gasteiger partial charge in [0.1, 0.15) is 6.04 Å². The number of imide groups is 1. The van der Waals surface area contributed by atoms with Crippen molar-refractivity contribution < 1.29 is 14.4 Å². The summed E-state index contributed by atoms with van der Waals surface area (Å²) < 4.78 is 2.01. The van der Waals surface area contributed by atoms with Gasteiger partial charge in [-0.2, -0.15) is 0 Å². The highest BCUT2D eigenvalue weighted by atomic mass is 35.5. The van der Waals surface area contributed by atoms with E-state index in [2.05, 4.69) is 5.32 Å². The number of hydrogen-bond donors (Lipinski definition) is 1. The Labute approximate surface area is 197 Å². The first-order valence-electron chi connectivity index (χ1n) is 9.29. The molecule has 1 atom stereocenters. The van der Waals surface area contributed by atoms with Crippen molar-refractivity contribution in [3.63, 3.8) is 0 Å². The Kier molecular flexibility index (Phi) is 5.92. The first-order chi connectivity index (χ1) is 14.7. The molecule has 0 aliphatic carbocycles. The predicted molar refractivity (Wildman–Crippen MR) is 121 cm³/mol. The average molecular weight is 499 g/mol. The highest BCUT2D eigenvalue weighted by Gasteiger charge is 2.45. The van der Waals surface area contributed by atoms with E-state index in [0.717, 1.165) is 15.8 Å². The molecular formula is C21H15Cl4N3O3. The number of halogens is 4. The molecule has 6 nitrogen and oxygen atoms in total. The molecule has 10 heteroatoms. The fourth-order valence-corrected chi connectivity index (χ4v) is 4.63. The van der Waals surface area contributed by atoms with E-state index in [-0.39, 0.29) is 31.2 Å². The number of carbonyl (C=O) groups is 3. The van der Waals surface area contributed by atoms with Crippen LogP contribution in [0.4, 0.5) is 0 Å². The Bertz CT molecular complexity index is 1210. The summed E-state index contributed by atoms with van der Waals surface area (Å²) in [6, 6.07) is 8.79. The first-order valence-corrected chi connectivity index (χ1v) is 10.8. The number of carbonyl (C=O) groups excluding carboxylic acids is 3. The van der Waals surface area contributed by atoms with Crippen molar-refractivity contribution in [3.05, 3.63) is 67.7 Å². The van der Waals surface area contributed by atoms with Gasteiger partial charge in [-0.3, -0.25) is 19.3 Å². The average Bonchev–Trinajstić information content (AvgIpc) is 3.28. The van der Waals surface area contributed by atoms with Crippen molar-refractivity contribution in [2.24, 2.45) is 0 Å². The number of aromatic nitrogens is 1. The highest BCUT2D eigenvalue weighted by Crippen LogP contribution is 2.45. The molecule has 2 aromatic carbocycles. The van der Waals surface area contributed by atoms with E-state index >= 15 is 0 Å². The zero-order valence-corrected chi connectivity index (χ0v) is 19.1. The highest BCUT2D eigenvalue weighted by molar-refractivity contribution is 6.55. The smallest absolute Gasteiger partial charge is 0.263 e. The minimum Gasteiger partial charge on any atom is -0.353 e. The molecule has 3 aromatic rings. The summed E-state index contributed by atoms with van der Waals surface area (Å²) >= 11 is 24.3. The molecule has 4 rings (SSSR count). The maximum atomic E-state index is 12.9. The molecule has 0 bridgehead atoms. The van der Waals surface area contributed by atoms with Crippen molar-refractivity contribution in [2.75, 3.05) is 6.54 Å².